The van der Waals surface area contributed by atoms with Crippen LogP contribution in [-0.2, 0) is 16.0 Å². The summed E-state index contributed by atoms with van der Waals surface area (Å²) in [4.78, 5) is 32.9. The van der Waals surface area contributed by atoms with E-state index in [0.717, 1.165) is 22.2 Å². The molecular formula is C28H24N2O5S. The Balaban J connectivity index is 1.71. The molecule has 8 heteroatoms. The van der Waals surface area contributed by atoms with Gasteiger partial charge in [0.25, 0.3) is 5.78 Å². The standard InChI is InChI=1S/C28H24N2O5S/c1-4-16-8-13-21-22(14-16)36-28(29-21)30-24(18-6-5-7-20(15-18)35-3)23(26(32)27(30)33)25(31)17-9-11-19(34-2)12-10-17/h5-15,24,31H,4H2,1-3H3/t24-/m0/s1. The lowest BCUT2D eigenvalue weighted by Gasteiger charge is -2.23. The number of hydrogen-bond donors (Lipinski definition) is 1. The minimum absolute atomic E-state index is 0.00748. The number of benzene rings is 3. The van der Waals surface area contributed by atoms with Gasteiger partial charge in [0.05, 0.1) is 36.1 Å². The van der Waals surface area contributed by atoms with Crippen molar-refractivity contribution in [3.63, 3.8) is 0 Å². The molecule has 7 nitrogen and oxygen atoms in total. The molecule has 5 rings (SSSR count). The monoisotopic (exact) mass is 500 g/mol. The van der Waals surface area contributed by atoms with Crippen molar-refractivity contribution in [2.45, 2.75) is 19.4 Å². The Morgan fingerprint density at radius 2 is 1.75 bits per heavy atom. The fraction of sp³-hybridized carbons (Fsp3) is 0.179. The highest BCUT2D eigenvalue weighted by Crippen LogP contribution is 2.45. The molecule has 0 spiro atoms. The Morgan fingerprint density at radius 1 is 1.00 bits per heavy atom. The fourth-order valence-corrected chi connectivity index (χ4v) is 5.40. The van der Waals surface area contributed by atoms with Crippen molar-refractivity contribution in [1.82, 2.24) is 4.98 Å². The van der Waals surface area contributed by atoms with Gasteiger partial charge < -0.3 is 14.6 Å². The number of hydrogen-bond acceptors (Lipinski definition) is 7. The lowest BCUT2D eigenvalue weighted by Crippen LogP contribution is -2.29. The van der Waals surface area contributed by atoms with E-state index in [2.05, 4.69) is 11.9 Å². The van der Waals surface area contributed by atoms with Gasteiger partial charge in [0.2, 0.25) is 0 Å². The fourth-order valence-electron chi connectivity index (χ4n) is 4.34. The van der Waals surface area contributed by atoms with Crippen molar-refractivity contribution in [3.8, 4) is 11.5 Å². The first kappa shape index (κ1) is 23.6. The van der Waals surface area contributed by atoms with Crippen LogP contribution in [0, 0.1) is 0 Å². The highest BCUT2D eigenvalue weighted by Gasteiger charge is 2.48. The maximum Gasteiger partial charge on any atom is 0.301 e. The molecule has 182 valence electrons. The van der Waals surface area contributed by atoms with Crippen molar-refractivity contribution < 1.29 is 24.2 Å². The van der Waals surface area contributed by atoms with Gasteiger partial charge >= 0.3 is 5.91 Å². The summed E-state index contributed by atoms with van der Waals surface area (Å²) in [5, 5.41) is 11.7. The van der Waals surface area contributed by atoms with Gasteiger partial charge in [0.1, 0.15) is 17.3 Å². The Morgan fingerprint density at radius 3 is 2.44 bits per heavy atom. The van der Waals surface area contributed by atoms with Crippen LogP contribution in [0.3, 0.4) is 0 Å². The summed E-state index contributed by atoms with van der Waals surface area (Å²) in [7, 11) is 3.09. The number of carbonyl (C=O) groups is 2. The molecule has 2 heterocycles. The molecule has 36 heavy (non-hydrogen) atoms. The smallest absolute Gasteiger partial charge is 0.301 e. The Kier molecular flexibility index (Phi) is 6.20. The minimum Gasteiger partial charge on any atom is -0.507 e. The predicted molar refractivity (Wildman–Crippen MR) is 140 cm³/mol. The maximum absolute atomic E-state index is 13.4. The number of aliphatic hydroxyl groups is 1. The van der Waals surface area contributed by atoms with Crippen LogP contribution in [0.2, 0.25) is 0 Å². The number of rotatable bonds is 6. The first-order valence-electron chi connectivity index (χ1n) is 11.4. The van der Waals surface area contributed by atoms with Crippen molar-refractivity contribution in [2.75, 3.05) is 19.1 Å². The van der Waals surface area contributed by atoms with Crippen LogP contribution >= 0.6 is 11.3 Å². The number of nitrogens with zero attached hydrogens (tertiary/aromatic N) is 2. The Hall–Kier alpha value is -4.17. The van der Waals surface area contributed by atoms with Crippen LogP contribution in [0.4, 0.5) is 5.13 Å². The quantitative estimate of drug-likeness (QED) is 0.214. The lowest BCUT2D eigenvalue weighted by molar-refractivity contribution is -0.132. The minimum atomic E-state index is -0.881. The van der Waals surface area contributed by atoms with E-state index in [0.29, 0.717) is 27.8 Å². The second-order valence-corrected chi connectivity index (χ2v) is 9.34. The van der Waals surface area contributed by atoms with E-state index >= 15 is 0 Å². The maximum atomic E-state index is 13.4. The number of ketones is 1. The van der Waals surface area contributed by atoms with Gasteiger partial charge in [-0.15, -0.1) is 0 Å². The zero-order valence-corrected chi connectivity index (χ0v) is 20.8. The second kappa shape index (κ2) is 9.47. The van der Waals surface area contributed by atoms with Gasteiger partial charge in [-0.2, -0.15) is 0 Å². The molecule has 1 aliphatic rings. The van der Waals surface area contributed by atoms with E-state index < -0.39 is 17.7 Å². The summed E-state index contributed by atoms with van der Waals surface area (Å²) in [5.41, 5.74) is 2.92. The van der Waals surface area contributed by atoms with Gasteiger partial charge in [0.15, 0.2) is 5.13 Å². The van der Waals surface area contributed by atoms with Crippen molar-refractivity contribution in [3.05, 3.63) is 89.0 Å². The van der Waals surface area contributed by atoms with E-state index in [4.69, 9.17) is 9.47 Å². The summed E-state index contributed by atoms with van der Waals surface area (Å²) in [6, 6.07) is 18.9. The molecule has 3 aromatic carbocycles. The molecule has 1 fully saturated rings. The molecule has 0 unspecified atom stereocenters. The van der Waals surface area contributed by atoms with Crippen LogP contribution in [0.1, 0.15) is 29.7 Å². The molecule has 0 radical (unpaired) electrons. The molecule has 1 aromatic heterocycles. The zero-order valence-electron chi connectivity index (χ0n) is 20.0. The summed E-state index contributed by atoms with van der Waals surface area (Å²) >= 11 is 1.34. The van der Waals surface area contributed by atoms with Crippen molar-refractivity contribution >= 4 is 44.1 Å². The van der Waals surface area contributed by atoms with Gasteiger partial charge in [-0.1, -0.05) is 36.5 Å². The van der Waals surface area contributed by atoms with E-state index in [-0.39, 0.29) is 11.3 Å². The summed E-state index contributed by atoms with van der Waals surface area (Å²) in [6.45, 7) is 2.07. The average Bonchev–Trinajstić information content (AvgIpc) is 3.45. The van der Waals surface area contributed by atoms with Crippen LogP contribution in [0.5, 0.6) is 11.5 Å². The average molecular weight is 501 g/mol. The summed E-state index contributed by atoms with van der Waals surface area (Å²) < 4.78 is 11.5. The molecule has 0 aliphatic carbocycles. The largest absolute Gasteiger partial charge is 0.507 e. The number of amides is 1. The molecule has 0 saturated carbocycles. The van der Waals surface area contributed by atoms with E-state index in [9.17, 15) is 14.7 Å². The predicted octanol–water partition coefficient (Wildman–Crippen LogP) is 5.50. The Bertz CT molecular complexity index is 1510. The molecule has 1 atom stereocenters. The highest BCUT2D eigenvalue weighted by atomic mass is 32.1. The number of thiazole rings is 1. The van der Waals surface area contributed by atoms with Gasteiger partial charge in [-0.25, -0.2) is 4.98 Å². The molecule has 1 amide bonds. The number of fused-ring (bicyclic) bond motifs is 1. The number of carbonyl (C=O) groups excluding carboxylic acids is 2. The number of ether oxygens (including phenoxy) is 2. The van der Waals surface area contributed by atoms with Crippen LogP contribution in [0.15, 0.2) is 72.3 Å². The van der Waals surface area contributed by atoms with E-state index in [1.807, 2.05) is 18.2 Å². The third kappa shape index (κ3) is 3.99. The normalized spacial score (nSPS) is 17.1. The van der Waals surface area contributed by atoms with Crippen molar-refractivity contribution in [2.24, 2.45) is 0 Å². The molecule has 1 saturated heterocycles. The lowest BCUT2D eigenvalue weighted by atomic mass is 9.95. The van der Waals surface area contributed by atoms with Crippen LogP contribution in [-0.4, -0.2) is 36.0 Å². The third-order valence-electron chi connectivity index (χ3n) is 6.27. The highest BCUT2D eigenvalue weighted by molar-refractivity contribution is 7.22. The third-order valence-corrected chi connectivity index (χ3v) is 7.29. The zero-order chi connectivity index (χ0) is 25.4. The van der Waals surface area contributed by atoms with Crippen molar-refractivity contribution in [1.29, 1.82) is 0 Å². The van der Waals surface area contributed by atoms with Gasteiger partial charge in [-0.05, 0) is 66.1 Å². The summed E-state index contributed by atoms with van der Waals surface area (Å²) in [6.07, 6.45) is 0.874. The Labute approximate surface area is 212 Å². The van der Waals surface area contributed by atoms with E-state index in [1.54, 1.807) is 62.8 Å². The number of aliphatic hydroxyl groups excluding tert-OH is 1. The molecule has 0 bridgehead atoms. The first-order chi connectivity index (χ1) is 17.4. The molecular weight excluding hydrogens is 476 g/mol. The van der Waals surface area contributed by atoms with E-state index in [1.165, 1.54) is 16.2 Å². The van der Waals surface area contributed by atoms with Crippen LogP contribution in [0.25, 0.3) is 16.0 Å². The van der Waals surface area contributed by atoms with Crippen LogP contribution < -0.4 is 14.4 Å². The number of methoxy groups -OCH3 is 2. The first-order valence-corrected chi connectivity index (χ1v) is 12.3. The van der Waals surface area contributed by atoms with Gasteiger partial charge in [0, 0.05) is 5.56 Å². The molecule has 1 aliphatic heterocycles. The summed E-state index contributed by atoms with van der Waals surface area (Å²) in [5.74, 6) is -0.602. The number of aryl methyl sites for hydroxylation is 1. The van der Waals surface area contributed by atoms with Gasteiger partial charge in [-0.3, -0.25) is 14.5 Å². The SMILES string of the molecule is CCc1ccc2nc(N3C(=O)C(=O)C(=C(O)c4ccc(OC)cc4)[C@@H]3c3cccc(OC)c3)sc2c1. The second-order valence-electron chi connectivity index (χ2n) is 8.33. The number of anilines is 1. The number of Topliss-reactive ketones (excluding diaryl/α,β-unsaturated/α-hetero) is 1. The molecule has 4 aromatic rings. The number of aromatic nitrogens is 1. The molecule has 1 N–H and O–H groups in total. The topological polar surface area (TPSA) is 89.0 Å².